The number of nitrogens with one attached hydrogen (secondary N) is 1. The molecule has 3 heterocycles. The van der Waals surface area contributed by atoms with Gasteiger partial charge in [0.1, 0.15) is 21.2 Å². The lowest BCUT2D eigenvalue weighted by atomic mass is 10.0. The van der Waals surface area contributed by atoms with Gasteiger partial charge in [0, 0.05) is 28.8 Å². The van der Waals surface area contributed by atoms with Crippen molar-refractivity contribution in [3.8, 4) is 11.1 Å². The maximum absolute atomic E-state index is 14.8. The van der Waals surface area contributed by atoms with Crippen LogP contribution in [-0.4, -0.2) is 13.9 Å². The standard InChI is InChI=1S/C18H11ClFN3O2S/c19-16-9(2-1-5-21-16)10-7-13-11(6-12(10)20)15(24)14-17(25)22-26-18(14)23(13)8-3-4-8/h1-2,5-8H,3-4H2,(H,22,25). The molecule has 0 atom stereocenters. The summed E-state index contributed by atoms with van der Waals surface area (Å²) < 4.78 is 19.4. The lowest BCUT2D eigenvalue weighted by Gasteiger charge is -2.14. The third kappa shape index (κ3) is 2.17. The number of nitrogens with zero attached hydrogens (tertiary/aromatic N) is 2. The quantitative estimate of drug-likeness (QED) is 0.527. The van der Waals surface area contributed by atoms with E-state index in [4.69, 9.17) is 11.6 Å². The molecule has 0 unspecified atom stereocenters. The summed E-state index contributed by atoms with van der Waals surface area (Å²) in [5.74, 6) is -0.571. The first-order valence-corrected chi connectivity index (χ1v) is 9.25. The van der Waals surface area contributed by atoms with Crippen molar-refractivity contribution < 1.29 is 4.39 Å². The largest absolute Gasteiger partial charge is 0.328 e. The van der Waals surface area contributed by atoms with Gasteiger partial charge in [-0.05, 0) is 48.6 Å². The van der Waals surface area contributed by atoms with Gasteiger partial charge in [-0.3, -0.25) is 14.0 Å². The first kappa shape index (κ1) is 15.7. The zero-order valence-electron chi connectivity index (χ0n) is 13.3. The summed E-state index contributed by atoms with van der Waals surface area (Å²) in [7, 11) is 0. The Morgan fingerprint density at radius 3 is 2.81 bits per heavy atom. The Morgan fingerprint density at radius 1 is 1.27 bits per heavy atom. The number of aromatic amines is 1. The first-order chi connectivity index (χ1) is 12.6. The zero-order valence-corrected chi connectivity index (χ0v) is 14.8. The summed E-state index contributed by atoms with van der Waals surface area (Å²) in [6.07, 6.45) is 3.45. The fourth-order valence-corrected chi connectivity index (χ4v) is 4.49. The maximum atomic E-state index is 14.8. The van der Waals surface area contributed by atoms with Crippen LogP contribution in [0.25, 0.3) is 32.2 Å². The molecule has 5 nitrogen and oxygen atoms in total. The van der Waals surface area contributed by atoms with Crippen LogP contribution >= 0.6 is 23.1 Å². The highest BCUT2D eigenvalue weighted by Gasteiger charge is 2.29. The Bertz CT molecular complexity index is 1320. The minimum Gasteiger partial charge on any atom is -0.328 e. The molecule has 8 heteroatoms. The molecule has 1 fully saturated rings. The van der Waals surface area contributed by atoms with Crippen LogP contribution in [0, 0.1) is 5.82 Å². The van der Waals surface area contributed by atoms with Crippen LogP contribution in [0.1, 0.15) is 18.9 Å². The molecule has 0 aliphatic heterocycles. The molecular weight excluding hydrogens is 377 g/mol. The molecule has 1 saturated carbocycles. The van der Waals surface area contributed by atoms with Gasteiger partial charge in [0.05, 0.1) is 5.52 Å². The summed E-state index contributed by atoms with van der Waals surface area (Å²) in [6.45, 7) is 0. The van der Waals surface area contributed by atoms with Crippen LogP contribution in [0.5, 0.6) is 0 Å². The molecule has 0 amide bonds. The van der Waals surface area contributed by atoms with Crippen molar-refractivity contribution >= 4 is 44.3 Å². The van der Waals surface area contributed by atoms with Gasteiger partial charge >= 0.3 is 0 Å². The van der Waals surface area contributed by atoms with Crippen molar-refractivity contribution in [3.63, 3.8) is 0 Å². The highest BCUT2D eigenvalue weighted by molar-refractivity contribution is 7.12. The summed E-state index contributed by atoms with van der Waals surface area (Å²) in [5.41, 5.74) is 0.483. The number of hydrogen-bond acceptors (Lipinski definition) is 4. The number of fused-ring (bicyclic) bond motifs is 2. The molecule has 0 saturated heterocycles. The van der Waals surface area contributed by atoms with E-state index in [1.165, 1.54) is 12.3 Å². The van der Waals surface area contributed by atoms with E-state index in [0.29, 0.717) is 15.9 Å². The van der Waals surface area contributed by atoms with E-state index in [0.717, 1.165) is 24.4 Å². The van der Waals surface area contributed by atoms with Crippen LogP contribution in [0.2, 0.25) is 5.15 Å². The van der Waals surface area contributed by atoms with Crippen LogP contribution in [0.4, 0.5) is 4.39 Å². The summed E-state index contributed by atoms with van der Waals surface area (Å²) in [5, 5.41) is 0.494. The lowest BCUT2D eigenvalue weighted by Crippen LogP contribution is -2.15. The van der Waals surface area contributed by atoms with Crippen LogP contribution in [0.15, 0.2) is 40.1 Å². The second-order valence-corrected chi connectivity index (χ2v) is 7.49. The molecule has 1 N–H and O–H groups in total. The molecule has 4 aromatic rings. The second-order valence-electron chi connectivity index (χ2n) is 6.33. The third-order valence-corrected chi connectivity index (χ3v) is 5.86. The summed E-state index contributed by atoms with van der Waals surface area (Å²) in [6, 6.07) is 6.41. The molecule has 0 spiro atoms. The normalized spacial score (nSPS) is 14.4. The predicted molar refractivity (Wildman–Crippen MR) is 101 cm³/mol. The van der Waals surface area contributed by atoms with E-state index in [1.54, 1.807) is 18.2 Å². The number of pyridine rings is 2. The van der Waals surface area contributed by atoms with Crippen LogP contribution < -0.4 is 11.0 Å². The lowest BCUT2D eigenvalue weighted by molar-refractivity contribution is 0.632. The number of hydrogen-bond donors (Lipinski definition) is 1. The Morgan fingerprint density at radius 2 is 2.08 bits per heavy atom. The van der Waals surface area contributed by atoms with E-state index in [-0.39, 0.29) is 27.5 Å². The molecule has 1 aliphatic carbocycles. The number of benzene rings is 1. The summed E-state index contributed by atoms with van der Waals surface area (Å²) >= 11 is 7.28. The number of aromatic nitrogens is 3. The fourth-order valence-electron chi connectivity index (χ4n) is 3.34. The molecule has 26 heavy (non-hydrogen) atoms. The van der Waals surface area contributed by atoms with Crippen molar-refractivity contribution in [2.75, 3.05) is 0 Å². The van der Waals surface area contributed by atoms with Gasteiger partial charge < -0.3 is 4.57 Å². The van der Waals surface area contributed by atoms with Crippen molar-refractivity contribution in [3.05, 3.63) is 62.0 Å². The monoisotopic (exact) mass is 387 g/mol. The van der Waals surface area contributed by atoms with Gasteiger partial charge in [0.15, 0.2) is 0 Å². The van der Waals surface area contributed by atoms with Crippen molar-refractivity contribution in [2.24, 2.45) is 0 Å². The number of H-pyrrole nitrogens is 1. The Balaban J connectivity index is 1.96. The Hall–Kier alpha value is -2.51. The smallest absolute Gasteiger partial charge is 0.271 e. The fraction of sp³-hybridized carbons (Fsp3) is 0.167. The Labute approximate surface area is 154 Å². The van der Waals surface area contributed by atoms with Gasteiger partial charge in [-0.15, -0.1) is 0 Å². The van der Waals surface area contributed by atoms with Crippen molar-refractivity contribution in [2.45, 2.75) is 18.9 Å². The highest BCUT2D eigenvalue weighted by Crippen LogP contribution is 2.41. The first-order valence-electron chi connectivity index (χ1n) is 8.06. The van der Waals surface area contributed by atoms with Crippen molar-refractivity contribution in [1.29, 1.82) is 0 Å². The van der Waals surface area contributed by atoms with E-state index in [2.05, 4.69) is 9.36 Å². The van der Waals surface area contributed by atoms with Crippen LogP contribution in [-0.2, 0) is 0 Å². The van der Waals surface area contributed by atoms with Crippen molar-refractivity contribution in [1.82, 2.24) is 13.9 Å². The van der Waals surface area contributed by atoms with Gasteiger partial charge in [-0.25, -0.2) is 9.37 Å². The van der Waals surface area contributed by atoms with E-state index in [9.17, 15) is 14.0 Å². The van der Waals surface area contributed by atoms with E-state index < -0.39 is 16.8 Å². The van der Waals surface area contributed by atoms with Gasteiger partial charge in [0.25, 0.3) is 5.56 Å². The summed E-state index contributed by atoms with van der Waals surface area (Å²) in [4.78, 5) is 29.5. The minimum absolute atomic E-state index is 0.0981. The molecule has 0 radical (unpaired) electrons. The highest BCUT2D eigenvalue weighted by atomic mass is 35.5. The molecule has 130 valence electrons. The predicted octanol–water partition coefficient (Wildman–Crippen LogP) is 4.09. The second kappa shape index (κ2) is 5.49. The Kier molecular flexibility index (Phi) is 3.32. The number of rotatable bonds is 2. The molecule has 5 rings (SSSR count). The molecule has 3 aromatic heterocycles. The van der Waals surface area contributed by atoms with Gasteiger partial charge in [-0.1, -0.05) is 11.6 Å². The topological polar surface area (TPSA) is 67.8 Å². The molecule has 0 bridgehead atoms. The van der Waals surface area contributed by atoms with Crippen LogP contribution in [0.3, 0.4) is 0 Å². The number of halogens is 2. The molecule has 1 aliphatic rings. The average molecular weight is 388 g/mol. The zero-order chi connectivity index (χ0) is 18.0. The van der Waals surface area contributed by atoms with E-state index >= 15 is 0 Å². The van der Waals surface area contributed by atoms with Gasteiger partial charge in [0.2, 0.25) is 5.43 Å². The van der Waals surface area contributed by atoms with Gasteiger partial charge in [-0.2, -0.15) is 0 Å². The average Bonchev–Trinajstić information content (AvgIpc) is 3.38. The van der Waals surface area contributed by atoms with E-state index in [1.807, 2.05) is 4.57 Å². The third-order valence-electron chi connectivity index (χ3n) is 4.68. The molecular formula is C18H11ClFN3O2S. The minimum atomic E-state index is -0.571. The maximum Gasteiger partial charge on any atom is 0.271 e. The molecule has 1 aromatic carbocycles. The SMILES string of the molecule is O=c1[nH]sc2c1c(=O)c1cc(F)c(-c3cccnc3Cl)cc1n2C1CC1.